The Morgan fingerprint density at radius 2 is 1.50 bits per heavy atom. The molecule has 1 amide bonds. The highest BCUT2D eigenvalue weighted by Crippen LogP contribution is 2.39. The molecule has 34 heavy (non-hydrogen) atoms. The Kier molecular flexibility index (Phi) is 8.76. The third-order valence-electron chi connectivity index (χ3n) is 5.82. The van der Waals surface area contributed by atoms with Gasteiger partial charge in [0.15, 0.2) is 11.5 Å². The minimum Gasteiger partial charge on any atom is -0.493 e. The fraction of sp³-hybridized carbons (Fsp3) is 0.458. The van der Waals surface area contributed by atoms with E-state index < -0.39 is 10.2 Å². The molecule has 0 saturated carbocycles. The number of hydrogen-bond donors (Lipinski definition) is 0. The number of nitrogens with zero attached hydrogens (tertiary/aromatic N) is 3. The Morgan fingerprint density at radius 1 is 0.941 bits per heavy atom. The number of carbonyl (C=O) groups excluding carboxylic acids is 1. The van der Waals surface area contributed by atoms with E-state index >= 15 is 0 Å². The maximum Gasteiger partial charge on any atom is 0.282 e. The van der Waals surface area contributed by atoms with E-state index in [0.29, 0.717) is 55.6 Å². The lowest BCUT2D eigenvalue weighted by Gasteiger charge is -2.36. The van der Waals surface area contributed by atoms with E-state index in [9.17, 15) is 13.2 Å². The highest BCUT2D eigenvalue weighted by Gasteiger charge is 2.32. The van der Waals surface area contributed by atoms with E-state index in [-0.39, 0.29) is 19.0 Å². The molecular formula is C24H33N3O6S. The fourth-order valence-corrected chi connectivity index (χ4v) is 5.50. The van der Waals surface area contributed by atoms with E-state index in [4.69, 9.17) is 14.2 Å². The van der Waals surface area contributed by atoms with Crippen LogP contribution in [0, 0.1) is 0 Å². The fourth-order valence-electron chi connectivity index (χ4n) is 3.89. The van der Waals surface area contributed by atoms with Crippen LogP contribution in [-0.4, -0.2) is 81.3 Å². The quantitative estimate of drug-likeness (QED) is 0.508. The molecule has 0 spiro atoms. The van der Waals surface area contributed by atoms with Crippen molar-refractivity contribution < 1.29 is 27.4 Å². The summed E-state index contributed by atoms with van der Waals surface area (Å²) in [7, 11) is -0.504. The zero-order valence-corrected chi connectivity index (χ0v) is 21.0. The number of benzene rings is 2. The summed E-state index contributed by atoms with van der Waals surface area (Å²) in [5.41, 5.74) is 1.38. The first-order chi connectivity index (χ1) is 16.3. The molecule has 3 rings (SSSR count). The van der Waals surface area contributed by atoms with Gasteiger partial charge in [-0.15, -0.1) is 0 Å². The molecule has 0 radical (unpaired) electrons. The van der Waals surface area contributed by atoms with Gasteiger partial charge in [-0.05, 0) is 17.7 Å². The molecule has 1 saturated heterocycles. The molecule has 2 aromatic carbocycles. The Labute approximate surface area is 202 Å². The minimum atomic E-state index is -3.52. The third-order valence-corrected chi connectivity index (χ3v) is 8.00. The van der Waals surface area contributed by atoms with E-state index in [2.05, 4.69) is 0 Å². The lowest BCUT2D eigenvalue weighted by atomic mass is 10.1. The molecule has 1 aliphatic rings. The summed E-state index contributed by atoms with van der Waals surface area (Å²) in [5.74, 6) is 0.981. The molecule has 9 nitrogen and oxygen atoms in total. The topological polar surface area (TPSA) is 88.6 Å². The first kappa shape index (κ1) is 25.8. The molecule has 1 aliphatic heterocycles. The third kappa shape index (κ3) is 5.63. The van der Waals surface area contributed by atoms with Gasteiger partial charge >= 0.3 is 0 Å². The molecule has 10 heteroatoms. The normalized spacial score (nSPS) is 14.8. The molecule has 2 aromatic rings. The number of ether oxygens (including phenoxy) is 3. The summed E-state index contributed by atoms with van der Waals surface area (Å²) in [6, 6.07) is 13.0. The van der Waals surface area contributed by atoms with Gasteiger partial charge in [0.1, 0.15) is 6.61 Å². The maximum absolute atomic E-state index is 13.2. The molecule has 1 fully saturated rings. The second-order valence-corrected chi connectivity index (χ2v) is 9.70. The van der Waals surface area contributed by atoms with Gasteiger partial charge in [-0.1, -0.05) is 44.2 Å². The monoisotopic (exact) mass is 491 g/mol. The Hall–Kier alpha value is -2.82. The van der Waals surface area contributed by atoms with Gasteiger partial charge in [-0.2, -0.15) is 17.0 Å². The Balaban J connectivity index is 1.74. The Morgan fingerprint density at radius 3 is 2.00 bits per heavy atom. The van der Waals surface area contributed by atoms with Crippen molar-refractivity contribution in [1.29, 1.82) is 0 Å². The number of rotatable bonds is 10. The molecule has 0 unspecified atom stereocenters. The van der Waals surface area contributed by atoms with Crippen molar-refractivity contribution in [3.8, 4) is 17.2 Å². The van der Waals surface area contributed by atoms with Crippen LogP contribution >= 0.6 is 0 Å². The van der Waals surface area contributed by atoms with Crippen LogP contribution in [0.2, 0.25) is 0 Å². The van der Waals surface area contributed by atoms with E-state index in [0.717, 1.165) is 5.56 Å². The highest BCUT2D eigenvalue weighted by atomic mass is 32.2. The lowest BCUT2D eigenvalue weighted by Crippen LogP contribution is -2.54. The van der Waals surface area contributed by atoms with Crippen LogP contribution < -0.4 is 14.2 Å². The van der Waals surface area contributed by atoms with Gasteiger partial charge in [0, 0.05) is 44.8 Å². The second kappa shape index (κ2) is 11.5. The van der Waals surface area contributed by atoms with E-state index in [1.807, 2.05) is 44.2 Å². The zero-order chi connectivity index (χ0) is 24.7. The van der Waals surface area contributed by atoms with Crippen LogP contribution in [0.5, 0.6) is 17.2 Å². The van der Waals surface area contributed by atoms with Crippen LogP contribution in [0.4, 0.5) is 0 Å². The first-order valence-electron chi connectivity index (χ1n) is 11.3. The number of methoxy groups -OCH3 is 2. The van der Waals surface area contributed by atoms with Crippen molar-refractivity contribution >= 4 is 16.1 Å². The zero-order valence-electron chi connectivity index (χ0n) is 20.2. The summed E-state index contributed by atoms with van der Waals surface area (Å²) in [6.45, 7) is 5.88. The first-order valence-corrected chi connectivity index (χ1v) is 12.7. The van der Waals surface area contributed by atoms with Crippen molar-refractivity contribution in [2.24, 2.45) is 0 Å². The van der Waals surface area contributed by atoms with Crippen molar-refractivity contribution in [2.45, 2.75) is 20.5 Å². The van der Waals surface area contributed by atoms with E-state index in [1.165, 1.54) is 22.8 Å². The number of piperazine rings is 1. The van der Waals surface area contributed by atoms with Crippen molar-refractivity contribution in [1.82, 2.24) is 13.5 Å². The highest BCUT2D eigenvalue weighted by molar-refractivity contribution is 7.86. The number of hydrogen-bond acceptors (Lipinski definition) is 6. The van der Waals surface area contributed by atoms with Crippen LogP contribution in [0.3, 0.4) is 0 Å². The van der Waals surface area contributed by atoms with Crippen LogP contribution in [0.25, 0.3) is 0 Å². The summed E-state index contributed by atoms with van der Waals surface area (Å²) >= 11 is 0. The largest absolute Gasteiger partial charge is 0.493 e. The average Bonchev–Trinajstić information content (AvgIpc) is 2.87. The average molecular weight is 492 g/mol. The van der Waals surface area contributed by atoms with Gasteiger partial charge in [-0.25, -0.2) is 0 Å². The van der Waals surface area contributed by atoms with Crippen molar-refractivity contribution in [3.63, 3.8) is 0 Å². The summed E-state index contributed by atoms with van der Waals surface area (Å²) in [4.78, 5) is 14.9. The second-order valence-electron chi connectivity index (χ2n) is 7.77. The maximum atomic E-state index is 13.2. The molecule has 186 valence electrons. The van der Waals surface area contributed by atoms with Gasteiger partial charge in [0.05, 0.1) is 14.2 Å². The number of carbonyl (C=O) groups is 1. The number of amides is 1. The predicted octanol–water partition coefficient (Wildman–Crippen LogP) is 2.63. The standard InChI is InChI=1S/C24H33N3O6S/c1-5-26(6-2)34(29,30)27-14-12-25(13-15-27)24(28)20-16-21(31-3)23(22(17-20)32-4)33-18-19-10-8-7-9-11-19/h7-11,16-17H,5-6,12-15,18H2,1-4H3. The lowest BCUT2D eigenvalue weighted by molar-refractivity contribution is 0.0693. The molecule has 0 atom stereocenters. The predicted molar refractivity (Wildman–Crippen MR) is 130 cm³/mol. The van der Waals surface area contributed by atoms with Crippen molar-refractivity contribution in [2.75, 3.05) is 53.5 Å². The van der Waals surface area contributed by atoms with Crippen molar-refractivity contribution in [3.05, 3.63) is 53.6 Å². The van der Waals surface area contributed by atoms with Gasteiger partial charge in [0.25, 0.3) is 16.1 Å². The molecular weight excluding hydrogens is 458 g/mol. The summed E-state index contributed by atoms with van der Waals surface area (Å²) < 4.78 is 45.3. The van der Waals surface area contributed by atoms with Crippen LogP contribution in [0.15, 0.2) is 42.5 Å². The van der Waals surface area contributed by atoms with Gasteiger partial charge in [0.2, 0.25) is 5.75 Å². The van der Waals surface area contributed by atoms with Crippen LogP contribution in [-0.2, 0) is 16.8 Å². The SMILES string of the molecule is CCN(CC)S(=O)(=O)N1CCN(C(=O)c2cc(OC)c(OCc3ccccc3)c(OC)c2)CC1. The van der Waals surface area contributed by atoms with Crippen LogP contribution in [0.1, 0.15) is 29.8 Å². The molecule has 0 N–H and O–H groups in total. The molecule has 0 aromatic heterocycles. The molecule has 1 heterocycles. The summed E-state index contributed by atoms with van der Waals surface area (Å²) in [5, 5.41) is 0. The summed E-state index contributed by atoms with van der Waals surface area (Å²) in [6.07, 6.45) is 0. The van der Waals surface area contributed by atoms with Gasteiger partial charge in [-0.3, -0.25) is 4.79 Å². The van der Waals surface area contributed by atoms with Gasteiger partial charge < -0.3 is 19.1 Å². The molecule has 0 aliphatic carbocycles. The molecule has 0 bridgehead atoms. The minimum absolute atomic E-state index is 0.217. The smallest absolute Gasteiger partial charge is 0.282 e. The Bertz CT molecular complexity index is 1040. The van der Waals surface area contributed by atoms with E-state index in [1.54, 1.807) is 17.0 Å².